The topological polar surface area (TPSA) is 58.1 Å². The van der Waals surface area contributed by atoms with Gasteiger partial charge in [0.05, 0.1) is 0 Å². The Morgan fingerprint density at radius 3 is 2.48 bits per heavy atom. The molecule has 0 radical (unpaired) electrons. The number of aryl methyl sites for hydroxylation is 2. The molecule has 0 fully saturated rings. The van der Waals surface area contributed by atoms with E-state index in [-0.39, 0.29) is 5.91 Å². The van der Waals surface area contributed by atoms with Crippen LogP contribution in [0.3, 0.4) is 0 Å². The van der Waals surface area contributed by atoms with E-state index in [0.717, 1.165) is 30.2 Å². The van der Waals surface area contributed by atoms with Gasteiger partial charge in [0.25, 0.3) is 5.91 Å². The summed E-state index contributed by atoms with van der Waals surface area (Å²) in [7, 11) is 0. The van der Waals surface area contributed by atoms with Crippen molar-refractivity contribution >= 4 is 17.4 Å². The molecule has 5 nitrogen and oxygen atoms in total. The molecule has 0 bridgehead atoms. The fourth-order valence-electron chi connectivity index (χ4n) is 2.91. The van der Waals surface area contributed by atoms with Gasteiger partial charge in [-0.05, 0) is 44.0 Å². The number of hydrogen-bond donors (Lipinski definition) is 1. The average Bonchev–Trinajstić information content (AvgIpc) is 2.66. The summed E-state index contributed by atoms with van der Waals surface area (Å²) in [6, 6.07) is 19.7. The SMILES string of the molecule is CCN(Cc1ccccc1)c1cc(C(=O)Nc2cccc(C)c2)nc(C)n1. The van der Waals surface area contributed by atoms with Gasteiger partial charge in [-0.3, -0.25) is 4.79 Å². The first kappa shape index (κ1) is 18.6. The minimum Gasteiger partial charge on any atom is -0.352 e. The number of nitrogens with one attached hydrogen (secondary N) is 1. The average molecular weight is 360 g/mol. The van der Waals surface area contributed by atoms with E-state index in [1.54, 1.807) is 6.07 Å². The van der Waals surface area contributed by atoms with Crippen LogP contribution in [0.5, 0.6) is 0 Å². The second-order valence-corrected chi connectivity index (χ2v) is 6.48. The fourth-order valence-corrected chi connectivity index (χ4v) is 2.91. The van der Waals surface area contributed by atoms with Crippen molar-refractivity contribution < 1.29 is 4.79 Å². The molecule has 138 valence electrons. The van der Waals surface area contributed by atoms with Crippen LogP contribution < -0.4 is 10.2 Å². The Morgan fingerprint density at radius 2 is 1.78 bits per heavy atom. The minimum atomic E-state index is -0.233. The number of amides is 1. The quantitative estimate of drug-likeness (QED) is 0.709. The number of carbonyl (C=O) groups excluding carboxylic acids is 1. The van der Waals surface area contributed by atoms with Crippen molar-refractivity contribution in [2.45, 2.75) is 27.3 Å². The molecule has 0 atom stereocenters. The van der Waals surface area contributed by atoms with Crippen molar-refractivity contribution in [2.24, 2.45) is 0 Å². The van der Waals surface area contributed by atoms with E-state index >= 15 is 0 Å². The van der Waals surface area contributed by atoms with Gasteiger partial charge in [-0.15, -0.1) is 0 Å². The number of hydrogen-bond acceptors (Lipinski definition) is 4. The molecular weight excluding hydrogens is 336 g/mol. The molecule has 3 rings (SSSR count). The third-order valence-corrected chi connectivity index (χ3v) is 4.25. The summed E-state index contributed by atoms with van der Waals surface area (Å²) in [6.07, 6.45) is 0. The maximum atomic E-state index is 12.7. The lowest BCUT2D eigenvalue weighted by molar-refractivity contribution is 0.102. The van der Waals surface area contributed by atoms with Gasteiger partial charge in [0.2, 0.25) is 0 Å². The second kappa shape index (κ2) is 8.45. The lowest BCUT2D eigenvalue weighted by Gasteiger charge is -2.22. The molecule has 0 unspecified atom stereocenters. The molecule has 0 aliphatic rings. The van der Waals surface area contributed by atoms with Crippen molar-refractivity contribution in [3.05, 3.63) is 83.3 Å². The second-order valence-electron chi connectivity index (χ2n) is 6.48. The van der Waals surface area contributed by atoms with Crippen LogP contribution in [0.1, 0.15) is 34.4 Å². The third kappa shape index (κ3) is 4.91. The van der Waals surface area contributed by atoms with Crippen molar-refractivity contribution in [1.29, 1.82) is 0 Å². The Bertz CT molecular complexity index is 925. The standard InChI is InChI=1S/C22H24N4O/c1-4-26(15-18-10-6-5-7-11-18)21-14-20(23-17(3)24-21)22(27)25-19-12-8-9-16(2)13-19/h5-14H,4,15H2,1-3H3,(H,25,27). The molecule has 5 heteroatoms. The van der Waals surface area contributed by atoms with E-state index in [4.69, 9.17) is 0 Å². The highest BCUT2D eigenvalue weighted by molar-refractivity contribution is 6.03. The van der Waals surface area contributed by atoms with Crippen molar-refractivity contribution in [2.75, 3.05) is 16.8 Å². The van der Waals surface area contributed by atoms with Crippen LogP contribution in [0.15, 0.2) is 60.7 Å². The highest BCUT2D eigenvalue weighted by Crippen LogP contribution is 2.17. The van der Waals surface area contributed by atoms with Crippen LogP contribution in [0.25, 0.3) is 0 Å². The predicted molar refractivity (Wildman–Crippen MR) is 109 cm³/mol. The molecule has 1 N–H and O–H groups in total. The maximum Gasteiger partial charge on any atom is 0.274 e. The normalized spacial score (nSPS) is 10.5. The molecule has 3 aromatic rings. The maximum absolute atomic E-state index is 12.7. The fraction of sp³-hybridized carbons (Fsp3) is 0.227. The zero-order chi connectivity index (χ0) is 19.2. The molecule has 27 heavy (non-hydrogen) atoms. The van der Waals surface area contributed by atoms with Crippen LogP contribution in [-0.2, 0) is 6.54 Å². The third-order valence-electron chi connectivity index (χ3n) is 4.25. The van der Waals surface area contributed by atoms with Gasteiger partial charge in [0.15, 0.2) is 0 Å². The number of carbonyl (C=O) groups is 1. The Balaban J connectivity index is 1.83. The monoisotopic (exact) mass is 360 g/mol. The minimum absolute atomic E-state index is 0.233. The van der Waals surface area contributed by atoms with Crippen LogP contribution in [0, 0.1) is 13.8 Å². The molecule has 0 saturated heterocycles. The molecule has 1 amide bonds. The summed E-state index contributed by atoms with van der Waals surface area (Å²) < 4.78 is 0. The van der Waals surface area contributed by atoms with E-state index in [1.165, 1.54) is 5.56 Å². The van der Waals surface area contributed by atoms with E-state index in [0.29, 0.717) is 11.5 Å². The van der Waals surface area contributed by atoms with Gasteiger partial charge in [-0.1, -0.05) is 42.5 Å². The summed E-state index contributed by atoms with van der Waals surface area (Å²) in [4.78, 5) is 23.7. The van der Waals surface area contributed by atoms with Crippen LogP contribution in [0.2, 0.25) is 0 Å². The summed E-state index contributed by atoms with van der Waals surface area (Å²) >= 11 is 0. The van der Waals surface area contributed by atoms with Crippen molar-refractivity contribution in [1.82, 2.24) is 9.97 Å². The number of anilines is 2. The lowest BCUT2D eigenvalue weighted by atomic mass is 10.2. The van der Waals surface area contributed by atoms with E-state index < -0.39 is 0 Å². The first-order valence-corrected chi connectivity index (χ1v) is 9.07. The predicted octanol–water partition coefficient (Wildman–Crippen LogP) is 4.37. The Kier molecular flexibility index (Phi) is 5.81. The van der Waals surface area contributed by atoms with Gasteiger partial charge in [0.1, 0.15) is 17.3 Å². The van der Waals surface area contributed by atoms with Crippen molar-refractivity contribution in [3.63, 3.8) is 0 Å². The number of nitrogens with zero attached hydrogens (tertiary/aromatic N) is 3. The summed E-state index contributed by atoms with van der Waals surface area (Å²) in [6.45, 7) is 7.39. The zero-order valence-corrected chi connectivity index (χ0v) is 15.9. The Hall–Kier alpha value is -3.21. The molecular formula is C22H24N4O. The summed E-state index contributed by atoms with van der Waals surface area (Å²) in [5.41, 5.74) is 3.41. The van der Waals surface area contributed by atoms with Crippen LogP contribution in [-0.4, -0.2) is 22.4 Å². The lowest BCUT2D eigenvalue weighted by Crippen LogP contribution is -2.25. The summed E-state index contributed by atoms with van der Waals surface area (Å²) in [5.74, 6) is 1.10. The molecule has 1 heterocycles. The van der Waals surface area contributed by atoms with Gasteiger partial charge in [0, 0.05) is 24.8 Å². The van der Waals surface area contributed by atoms with Crippen LogP contribution >= 0.6 is 0 Å². The Labute approximate surface area is 160 Å². The van der Waals surface area contributed by atoms with E-state index in [1.807, 2.05) is 56.3 Å². The molecule has 0 spiro atoms. The van der Waals surface area contributed by atoms with E-state index in [2.05, 4.69) is 39.2 Å². The molecule has 2 aromatic carbocycles. The van der Waals surface area contributed by atoms with Gasteiger partial charge in [-0.2, -0.15) is 0 Å². The molecule has 0 aliphatic carbocycles. The Morgan fingerprint density at radius 1 is 1.00 bits per heavy atom. The molecule has 0 saturated carbocycles. The van der Waals surface area contributed by atoms with E-state index in [9.17, 15) is 4.79 Å². The first-order chi connectivity index (χ1) is 13.0. The van der Waals surface area contributed by atoms with Gasteiger partial charge < -0.3 is 10.2 Å². The number of benzene rings is 2. The molecule has 0 aliphatic heterocycles. The van der Waals surface area contributed by atoms with Crippen LogP contribution in [0.4, 0.5) is 11.5 Å². The molecule has 1 aromatic heterocycles. The number of rotatable bonds is 6. The smallest absolute Gasteiger partial charge is 0.274 e. The first-order valence-electron chi connectivity index (χ1n) is 9.07. The number of aromatic nitrogens is 2. The van der Waals surface area contributed by atoms with Gasteiger partial charge >= 0.3 is 0 Å². The summed E-state index contributed by atoms with van der Waals surface area (Å²) in [5, 5.41) is 2.91. The van der Waals surface area contributed by atoms with Gasteiger partial charge in [-0.25, -0.2) is 9.97 Å². The largest absolute Gasteiger partial charge is 0.352 e. The highest BCUT2D eigenvalue weighted by atomic mass is 16.1. The van der Waals surface area contributed by atoms with Crippen molar-refractivity contribution in [3.8, 4) is 0 Å². The zero-order valence-electron chi connectivity index (χ0n) is 15.9. The highest BCUT2D eigenvalue weighted by Gasteiger charge is 2.14.